The van der Waals surface area contributed by atoms with Crippen LogP contribution in [-0.2, 0) is 6.42 Å². The Morgan fingerprint density at radius 1 is 0.169 bits per heavy atom. The standard InChI is InChI=1S/C10H14.C9H13N.6C8H11N.4C7H9N.12C2H6/c1-7-5-9(3)10(4)6-8(7)2;1-4-9-5-7(2)8(3)10-6-9;4*1-6-4-7(2)8(3)9-5-6;1-6-4-7(2)9-8(3)5-6;1-6-4-5-7(2)9-8(6)3;2*1-6-3-4-8-5-7(6)2;1-6-3-4-8-7(2)5-6;1-6-4-3-5-8-7(6)2;12*1-2/h5-6H,1-4H3;5-6H,4H2,1-3H3;6*4-5H,1-3H3;4*3-5H,1-2H3;12*1-2H3. The minimum Gasteiger partial charge on any atom is -0.264 e. The zero-order valence-electron chi connectivity index (χ0n) is 95.3. The molecule has 0 N–H and O–H groups in total. The van der Waals surface area contributed by atoms with Gasteiger partial charge >= 0.3 is 0 Å². The molecule has 0 bridgehead atoms. The van der Waals surface area contributed by atoms with Crippen LogP contribution in [0.4, 0.5) is 0 Å². The number of rotatable bonds is 1. The van der Waals surface area contributed by atoms with E-state index in [1.54, 1.807) is 0 Å². The number of aromatic nitrogens is 11. The molecule has 12 aromatic rings. The van der Waals surface area contributed by atoms with Crippen LogP contribution in [0.25, 0.3) is 0 Å². The molecule has 0 spiro atoms. The fourth-order valence-corrected chi connectivity index (χ4v) is 9.27. The van der Waals surface area contributed by atoms with Crippen molar-refractivity contribution in [1.29, 1.82) is 0 Å². The molecular formula is C119H201N11. The molecule has 0 amide bonds. The van der Waals surface area contributed by atoms with Crippen LogP contribution in [0.3, 0.4) is 0 Å². The van der Waals surface area contributed by atoms with E-state index in [1.165, 1.54) is 122 Å². The molecule has 0 aliphatic heterocycles. The summed E-state index contributed by atoms with van der Waals surface area (Å²) in [7, 11) is 0. The molecule has 0 saturated heterocycles. The van der Waals surface area contributed by atoms with Gasteiger partial charge in [0.1, 0.15) is 0 Å². The number of benzene rings is 1. The molecule has 130 heavy (non-hydrogen) atoms. The maximum absolute atomic E-state index is 4.27. The quantitative estimate of drug-likeness (QED) is 0.155. The molecule has 11 aromatic heterocycles. The van der Waals surface area contributed by atoms with E-state index in [-0.39, 0.29) is 0 Å². The van der Waals surface area contributed by atoms with Crippen molar-refractivity contribution in [3.8, 4) is 0 Å². The van der Waals surface area contributed by atoms with Crippen LogP contribution >= 0.6 is 0 Å². The van der Waals surface area contributed by atoms with Gasteiger partial charge in [0.05, 0.1) is 0 Å². The molecule has 11 nitrogen and oxygen atoms in total. The van der Waals surface area contributed by atoms with Crippen LogP contribution < -0.4 is 0 Å². The fraction of sp³-hybridized carbons (Fsp3) is 0.487. The average molecular weight is 1790 g/mol. The van der Waals surface area contributed by atoms with E-state index in [0.29, 0.717) is 0 Å². The van der Waals surface area contributed by atoms with Crippen LogP contribution in [0.15, 0.2) is 171 Å². The highest BCUT2D eigenvalue weighted by Gasteiger charge is 1.99. The van der Waals surface area contributed by atoms with Crippen molar-refractivity contribution in [1.82, 2.24) is 54.8 Å². The second-order valence-corrected chi connectivity index (χ2v) is 27.9. The van der Waals surface area contributed by atoms with Crippen molar-refractivity contribution in [3.05, 3.63) is 356 Å². The maximum atomic E-state index is 4.27. The van der Waals surface area contributed by atoms with Crippen molar-refractivity contribution >= 4 is 0 Å². The van der Waals surface area contributed by atoms with Crippen LogP contribution in [0, 0.1) is 222 Å². The first-order valence-corrected chi connectivity index (χ1v) is 48.6. The van der Waals surface area contributed by atoms with E-state index >= 15 is 0 Å². The molecule has 11 heterocycles. The molecule has 0 saturated carbocycles. The summed E-state index contributed by atoms with van der Waals surface area (Å²) in [5.41, 5.74) is 40.7. The third kappa shape index (κ3) is 81.1. The summed E-state index contributed by atoms with van der Waals surface area (Å²) in [5, 5.41) is 0. The third-order valence-electron chi connectivity index (χ3n) is 17.5. The molecule has 0 aliphatic rings. The Bertz CT molecular complexity index is 4000. The topological polar surface area (TPSA) is 142 Å². The van der Waals surface area contributed by atoms with Gasteiger partial charge in [0.2, 0.25) is 0 Å². The van der Waals surface area contributed by atoms with E-state index in [1.807, 2.05) is 341 Å². The Labute approximate surface area is 807 Å². The van der Waals surface area contributed by atoms with E-state index in [4.69, 9.17) is 0 Å². The lowest BCUT2D eigenvalue weighted by atomic mass is 10.0. The lowest BCUT2D eigenvalue weighted by Gasteiger charge is -2.04. The van der Waals surface area contributed by atoms with Gasteiger partial charge in [-0.25, -0.2) is 0 Å². The van der Waals surface area contributed by atoms with Crippen LogP contribution in [0.1, 0.15) is 358 Å². The van der Waals surface area contributed by atoms with Crippen molar-refractivity contribution in [2.45, 2.75) is 401 Å². The Balaban J connectivity index is -0.000000114. The molecule has 732 valence electrons. The van der Waals surface area contributed by atoms with E-state index in [0.717, 1.165) is 69.1 Å². The molecule has 0 atom stereocenters. The van der Waals surface area contributed by atoms with Gasteiger partial charge in [-0.05, 0) is 399 Å². The Morgan fingerprint density at radius 3 is 0.654 bits per heavy atom. The lowest BCUT2D eigenvalue weighted by molar-refractivity contribution is 1.05. The number of hydrogen-bond donors (Lipinski definition) is 0. The smallest absolute Gasteiger partial charge is 0.0404 e. The van der Waals surface area contributed by atoms with Crippen LogP contribution in [-0.4, -0.2) is 54.8 Å². The molecule has 0 radical (unpaired) electrons. The zero-order chi connectivity index (χ0) is 104. The minimum absolute atomic E-state index is 1.08. The van der Waals surface area contributed by atoms with Gasteiger partial charge in [-0.1, -0.05) is 228 Å². The highest BCUT2D eigenvalue weighted by molar-refractivity contribution is 5.36. The molecule has 1 aromatic carbocycles. The van der Waals surface area contributed by atoms with Gasteiger partial charge in [0.25, 0.3) is 0 Å². The molecule has 0 aliphatic carbocycles. The normalized spacial score (nSPS) is 8.38. The van der Waals surface area contributed by atoms with E-state index in [9.17, 15) is 0 Å². The summed E-state index contributed by atoms with van der Waals surface area (Å²) in [4.78, 5) is 45.5. The van der Waals surface area contributed by atoms with E-state index in [2.05, 4.69) is 280 Å². The number of hydrogen-bond acceptors (Lipinski definition) is 11. The first kappa shape index (κ1) is 146. The minimum atomic E-state index is 1.08. The molecular weight excluding hydrogens is 1580 g/mol. The van der Waals surface area contributed by atoms with Crippen molar-refractivity contribution in [3.63, 3.8) is 0 Å². The summed E-state index contributed by atoms with van der Waals surface area (Å²) in [5.74, 6) is 0. The van der Waals surface area contributed by atoms with Crippen LogP contribution in [0.2, 0.25) is 0 Å². The predicted octanol–water partition coefficient (Wildman–Crippen LogP) is 36.3. The van der Waals surface area contributed by atoms with Crippen molar-refractivity contribution < 1.29 is 0 Å². The SMILES string of the molecule is CC.CC.CC.CC.CC.CC.CC.CC.CC.CC.CC.CC.CCc1cnc(C)c(C)c1.Cc1cc(C)c(C)cc1C.Cc1cc(C)nc(C)c1.Cc1ccc(C)c(C)n1.Cc1cccnc1C.Cc1ccnc(C)c1.Cc1ccncc1C.Cc1ccncc1C.Cc1cnc(C)c(C)c1.Cc1cnc(C)c(C)c1.Cc1cnc(C)c(C)c1.Cc1cnc(C)c(C)c1. The first-order valence-electron chi connectivity index (χ1n) is 48.6. The fourth-order valence-electron chi connectivity index (χ4n) is 9.27. The predicted molar refractivity (Wildman–Crippen MR) is 590 cm³/mol. The van der Waals surface area contributed by atoms with Gasteiger partial charge in [-0.2, -0.15) is 0 Å². The Kier molecular flexibility index (Phi) is 111. The lowest BCUT2D eigenvalue weighted by Crippen LogP contribution is -1.89. The van der Waals surface area contributed by atoms with Gasteiger partial charge in [0.15, 0.2) is 0 Å². The molecule has 12 rings (SSSR count). The summed E-state index contributed by atoms with van der Waals surface area (Å²) < 4.78 is 0. The maximum Gasteiger partial charge on any atom is 0.0404 e. The number of nitrogens with zero attached hydrogens (tertiary/aromatic N) is 11. The highest BCUT2D eigenvalue weighted by atomic mass is 14.7. The summed E-state index contributed by atoms with van der Waals surface area (Å²) in [6, 6.07) is 35.6. The first-order chi connectivity index (χ1) is 61.7. The van der Waals surface area contributed by atoms with Gasteiger partial charge in [-0.15, -0.1) is 0 Å². The Morgan fingerprint density at radius 2 is 0.454 bits per heavy atom. The summed E-state index contributed by atoms with van der Waals surface area (Å²) >= 11 is 0. The van der Waals surface area contributed by atoms with Gasteiger partial charge in [0, 0.05) is 131 Å². The Hall–Kier alpha value is -10.1. The monoisotopic (exact) mass is 1780 g/mol. The highest BCUT2D eigenvalue weighted by Crippen LogP contribution is 2.15. The molecule has 11 heteroatoms. The van der Waals surface area contributed by atoms with Crippen LogP contribution in [0.5, 0.6) is 0 Å². The zero-order valence-corrected chi connectivity index (χ0v) is 95.3. The van der Waals surface area contributed by atoms with Gasteiger partial charge < -0.3 is 0 Å². The number of aryl methyl sites for hydroxylation is 33. The largest absolute Gasteiger partial charge is 0.264 e. The third-order valence-corrected chi connectivity index (χ3v) is 17.5. The second-order valence-electron chi connectivity index (χ2n) is 27.9. The number of pyridine rings is 11. The average Bonchev–Trinajstić information content (AvgIpc) is 0.869. The van der Waals surface area contributed by atoms with Crippen molar-refractivity contribution in [2.24, 2.45) is 0 Å². The second kappa shape index (κ2) is 99.4. The van der Waals surface area contributed by atoms with Crippen molar-refractivity contribution in [2.75, 3.05) is 0 Å². The summed E-state index contributed by atoms with van der Waals surface area (Å²) in [6.45, 7) is 116. The molecule has 0 fully saturated rings. The van der Waals surface area contributed by atoms with Gasteiger partial charge in [-0.3, -0.25) is 54.8 Å². The summed E-state index contributed by atoms with van der Waals surface area (Å²) in [6.07, 6.45) is 21.6. The van der Waals surface area contributed by atoms with E-state index < -0.39 is 0 Å². The molecule has 0 unspecified atom stereocenters.